The van der Waals surface area contributed by atoms with E-state index < -0.39 is 19.8 Å². The van der Waals surface area contributed by atoms with E-state index in [1.54, 1.807) is 6.07 Å². The topological polar surface area (TPSA) is 12.0 Å². The fraction of sp³-hybridized carbons (Fsp3) is 0.333. The van der Waals surface area contributed by atoms with Gasteiger partial charge in [0, 0.05) is 11.7 Å². The first-order chi connectivity index (χ1) is 7.68. The van der Waals surface area contributed by atoms with E-state index in [2.05, 4.69) is 36.5 Å². The Labute approximate surface area is 100 Å². The van der Waals surface area contributed by atoms with Gasteiger partial charge in [0.05, 0.1) is 5.56 Å². The Morgan fingerprint density at radius 3 is 2.35 bits per heavy atom. The summed E-state index contributed by atoms with van der Waals surface area (Å²) in [6.45, 7) is 6.19. The van der Waals surface area contributed by atoms with Crippen LogP contribution in [-0.4, -0.2) is 8.07 Å². The Kier molecular flexibility index (Phi) is 3.89. The molecule has 1 nitrogen and oxygen atoms in total. The number of anilines is 1. The van der Waals surface area contributed by atoms with E-state index in [1.165, 1.54) is 6.07 Å². The molecular formula is C12H14F3NSi. The third-order valence-corrected chi connectivity index (χ3v) is 2.71. The Hall–Kier alpha value is -1.41. The van der Waals surface area contributed by atoms with Crippen molar-refractivity contribution in [3.63, 3.8) is 0 Å². The molecule has 0 bridgehead atoms. The third kappa shape index (κ3) is 4.96. The second-order valence-corrected chi connectivity index (χ2v) is 9.45. The van der Waals surface area contributed by atoms with Crippen LogP contribution in [0.25, 0.3) is 0 Å². The van der Waals surface area contributed by atoms with Crippen molar-refractivity contribution >= 4 is 13.8 Å². The first kappa shape index (κ1) is 13.7. The van der Waals surface area contributed by atoms with E-state index in [9.17, 15) is 13.2 Å². The van der Waals surface area contributed by atoms with Gasteiger partial charge in [0.1, 0.15) is 8.07 Å². The molecule has 92 valence electrons. The van der Waals surface area contributed by atoms with Gasteiger partial charge in [-0.25, -0.2) is 0 Å². The summed E-state index contributed by atoms with van der Waals surface area (Å²) >= 11 is 0. The van der Waals surface area contributed by atoms with Crippen LogP contribution >= 0.6 is 0 Å². The molecule has 0 aliphatic carbocycles. The van der Waals surface area contributed by atoms with Gasteiger partial charge >= 0.3 is 6.18 Å². The number of rotatable bonds is 1. The number of nitrogens with one attached hydrogen (secondary N) is 1. The second-order valence-electron chi connectivity index (χ2n) is 4.70. The largest absolute Gasteiger partial charge is 0.416 e. The van der Waals surface area contributed by atoms with E-state index >= 15 is 0 Å². The zero-order valence-electron chi connectivity index (χ0n) is 9.94. The van der Waals surface area contributed by atoms with Crippen LogP contribution in [0.15, 0.2) is 24.3 Å². The molecule has 0 fully saturated rings. The minimum absolute atomic E-state index is 0.366. The van der Waals surface area contributed by atoms with E-state index in [0.29, 0.717) is 5.69 Å². The lowest BCUT2D eigenvalue weighted by atomic mass is 10.2. The van der Waals surface area contributed by atoms with E-state index in [4.69, 9.17) is 0 Å². The molecule has 1 aromatic rings. The van der Waals surface area contributed by atoms with Crippen molar-refractivity contribution < 1.29 is 13.2 Å². The number of hydrogen-bond donors (Lipinski definition) is 1. The molecular weight excluding hydrogens is 243 g/mol. The summed E-state index contributed by atoms with van der Waals surface area (Å²) in [6.07, 6.45) is -4.32. The van der Waals surface area contributed by atoms with Crippen LogP contribution < -0.4 is 5.32 Å². The Balaban J connectivity index is 2.83. The van der Waals surface area contributed by atoms with Crippen molar-refractivity contribution in [2.45, 2.75) is 25.8 Å². The third-order valence-electron chi connectivity index (χ3n) is 1.83. The van der Waals surface area contributed by atoms with Gasteiger partial charge in [-0.05, 0) is 18.2 Å². The molecule has 1 aromatic carbocycles. The highest BCUT2D eigenvalue weighted by Gasteiger charge is 2.30. The summed E-state index contributed by atoms with van der Waals surface area (Å²) in [4.78, 5) is 0. The highest BCUT2D eigenvalue weighted by Crippen LogP contribution is 2.30. The lowest BCUT2D eigenvalue weighted by Gasteiger charge is -2.08. The quantitative estimate of drug-likeness (QED) is 0.456. The Morgan fingerprint density at radius 2 is 1.82 bits per heavy atom. The number of halogens is 3. The fourth-order valence-corrected chi connectivity index (χ4v) is 1.50. The standard InChI is InChI=1S/C12H14F3NSi/c1-17(2,3)8-7-16-11-6-4-5-10(9-11)12(13,14)15/h4-6,9,16H,1-3H3. The zero-order valence-corrected chi connectivity index (χ0v) is 10.9. The average molecular weight is 257 g/mol. The molecule has 0 atom stereocenters. The summed E-state index contributed by atoms with van der Waals surface area (Å²) in [7, 11) is -1.51. The molecule has 0 aromatic heterocycles. The number of alkyl halides is 3. The van der Waals surface area contributed by atoms with Crippen molar-refractivity contribution in [2.75, 3.05) is 5.32 Å². The molecule has 0 unspecified atom stereocenters. The molecule has 0 aliphatic heterocycles. The molecule has 0 saturated carbocycles. The second kappa shape index (κ2) is 4.84. The predicted octanol–water partition coefficient (Wildman–Crippen LogP) is 3.96. The normalized spacial score (nSPS) is 11.6. The van der Waals surface area contributed by atoms with Crippen LogP contribution in [0.3, 0.4) is 0 Å². The molecule has 0 saturated heterocycles. The van der Waals surface area contributed by atoms with Crippen LogP contribution in [0.2, 0.25) is 19.6 Å². The van der Waals surface area contributed by atoms with Crippen molar-refractivity contribution in [3.05, 3.63) is 29.8 Å². The van der Waals surface area contributed by atoms with Crippen molar-refractivity contribution in [1.82, 2.24) is 0 Å². The van der Waals surface area contributed by atoms with Crippen LogP contribution in [0.1, 0.15) is 5.56 Å². The molecule has 17 heavy (non-hydrogen) atoms. The molecule has 0 heterocycles. The highest BCUT2D eigenvalue weighted by molar-refractivity contribution is 6.83. The minimum Gasteiger partial charge on any atom is -0.315 e. The lowest BCUT2D eigenvalue weighted by Crippen LogP contribution is -2.16. The van der Waals surface area contributed by atoms with Gasteiger partial charge in [-0.3, -0.25) is 0 Å². The van der Waals surface area contributed by atoms with Crippen LogP contribution in [-0.2, 0) is 6.18 Å². The lowest BCUT2D eigenvalue weighted by molar-refractivity contribution is -0.137. The van der Waals surface area contributed by atoms with Gasteiger partial charge in [0.2, 0.25) is 0 Å². The summed E-state index contributed by atoms with van der Waals surface area (Å²) < 4.78 is 37.3. The monoisotopic (exact) mass is 257 g/mol. The summed E-state index contributed by atoms with van der Waals surface area (Å²) in [5, 5.41) is 2.69. The Bertz CT molecular complexity index is 449. The van der Waals surface area contributed by atoms with Crippen molar-refractivity contribution in [3.8, 4) is 11.6 Å². The van der Waals surface area contributed by atoms with E-state index in [1.807, 2.05) is 0 Å². The predicted molar refractivity (Wildman–Crippen MR) is 66.2 cm³/mol. The first-order valence-electron chi connectivity index (χ1n) is 5.14. The molecule has 0 radical (unpaired) electrons. The van der Waals surface area contributed by atoms with Gasteiger partial charge in [0.25, 0.3) is 0 Å². The van der Waals surface area contributed by atoms with Gasteiger partial charge in [-0.2, -0.15) is 13.2 Å². The highest BCUT2D eigenvalue weighted by atomic mass is 28.3. The molecule has 0 spiro atoms. The van der Waals surface area contributed by atoms with Crippen molar-refractivity contribution in [2.24, 2.45) is 0 Å². The van der Waals surface area contributed by atoms with Gasteiger partial charge < -0.3 is 5.32 Å². The van der Waals surface area contributed by atoms with Crippen LogP contribution in [0.4, 0.5) is 18.9 Å². The summed E-state index contributed by atoms with van der Waals surface area (Å²) in [6, 6.07) is 7.73. The smallest absolute Gasteiger partial charge is 0.315 e. The average Bonchev–Trinajstić information content (AvgIpc) is 2.15. The van der Waals surface area contributed by atoms with E-state index in [-0.39, 0.29) is 0 Å². The maximum atomic E-state index is 12.4. The van der Waals surface area contributed by atoms with Gasteiger partial charge in [-0.1, -0.05) is 25.7 Å². The maximum absolute atomic E-state index is 12.4. The summed E-state index contributed by atoms with van der Waals surface area (Å²) in [5.74, 6) is 0. The molecule has 0 aliphatic rings. The summed E-state index contributed by atoms with van der Waals surface area (Å²) in [5.41, 5.74) is 2.72. The van der Waals surface area contributed by atoms with Gasteiger partial charge in [-0.15, -0.1) is 5.54 Å². The minimum atomic E-state index is -4.32. The maximum Gasteiger partial charge on any atom is 0.416 e. The number of benzene rings is 1. The van der Waals surface area contributed by atoms with E-state index in [0.717, 1.165) is 12.1 Å². The number of hydrogen-bond acceptors (Lipinski definition) is 1. The zero-order chi connectivity index (χ0) is 13.1. The Morgan fingerprint density at radius 1 is 1.18 bits per heavy atom. The SMILES string of the molecule is C[Si](C)(C)C#CNc1cccc(C(F)(F)F)c1. The van der Waals surface area contributed by atoms with Crippen molar-refractivity contribution in [1.29, 1.82) is 0 Å². The molecule has 5 heteroatoms. The molecule has 1 rings (SSSR count). The van der Waals surface area contributed by atoms with Crippen LogP contribution in [0.5, 0.6) is 0 Å². The van der Waals surface area contributed by atoms with Gasteiger partial charge in [0.15, 0.2) is 0 Å². The molecule has 0 amide bonds. The fourth-order valence-electron chi connectivity index (χ4n) is 1.06. The van der Waals surface area contributed by atoms with Crippen LogP contribution in [0, 0.1) is 11.6 Å². The first-order valence-corrected chi connectivity index (χ1v) is 8.64. The molecule has 1 N–H and O–H groups in total.